The van der Waals surface area contributed by atoms with Gasteiger partial charge in [-0.2, -0.15) is 0 Å². The lowest BCUT2D eigenvalue weighted by Crippen LogP contribution is -2.14. The fourth-order valence-electron chi connectivity index (χ4n) is 1.70. The summed E-state index contributed by atoms with van der Waals surface area (Å²) in [6, 6.07) is 7.38. The lowest BCUT2D eigenvalue weighted by Gasteiger charge is -2.16. The minimum atomic E-state index is -0.628. The highest BCUT2D eigenvalue weighted by atomic mass is 79.9. The molecule has 2 rings (SSSR count). The van der Waals surface area contributed by atoms with Gasteiger partial charge in [0.25, 0.3) is 0 Å². The van der Waals surface area contributed by atoms with E-state index < -0.39 is 11.9 Å². The Hall–Kier alpha value is -0.130. The fourth-order valence-corrected chi connectivity index (χ4v) is 3.11. The molecule has 0 amide bonds. The van der Waals surface area contributed by atoms with Gasteiger partial charge in [-0.05, 0) is 45.8 Å². The van der Waals surface area contributed by atoms with Crippen molar-refractivity contribution in [2.24, 2.45) is 5.73 Å². The van der Waals surface area contributed by atoms with Crippen molar-refractivity contribution in [1.82, 2.24) is 0 Å². The molecule has 1 unspecified atom stereocenters. The van der Waals surface area contributed by atoms with Crippen LogP contribution in [-0.4, -0.2) is 0 Å². The van der Waals surface area contributed by atoms with E-state index >= 15 is 0 Å². The first-order chi connectivity index (χ1) is 8.90. The van der Waals surface area contributed by atoms with Crippen molar-refractivity contribution < 1.29 is 4.39 Å². The monoisotopic (exact) mass is 425 g/mol. The van der Waals surface area contributed by atoms with E-state index in [0.717, 1.165) is 10.0 Å². The summed E-state index contributed by atoms with van der Waals surface area (Å²) in [6.45, 7) is 0. The van der Waals surface area contributed by atoms with Gasteiger partial charge in [0, 0.05) is 19.5 Å². The third kappa shape index (κ3) is 3.31. The highest BCUT2D eigenvalue weighted by Crippen LogP contribution is 2.33. The van der Waals surface area contributed by atoms with Gasteiger partial charge in [0.1, 0.15) is 5.82 Å². The topological polar surface area (TPSA) is 26.0 Å². The van der Waals surface area contributed by atoms with Crippen molar-refractivity contribution in [2.75, 3.05) is 0 Å². The van der Waals surface area contributed by atoms with E-state index in [1.54, 1.807) is 18.2 Å². The van der Waals surface area contributed by atoms with Gasteiger partial charge in [0.15, 0.2) is 0 Å². The number of nitrogens with two attached hydrogens (primary N) is 1. The van der Waals surface area contributed by atoms with Crippen LogP contribution in [0.3, 0.4) is 0 Å². The van der Waals surface area contributed by atoms with Gasteiger partial charge in [-0.25, -0.2) is 4.39 Å². The van der Waals surface area contributed by atoms with Crippen LogP contribution in [-0.2, 0) is 0 Å². The van der Waals surface area contributed by atoms with Crippen LogP contribution in [0, 0.1) is 5.82 Å². The molecule has 0 saturated carbocycles. The Morgan fingerprint density at radius 2 is 1.68 bits per heavy atom. The largest absolute Gasteiger partial charge is 0.320 e. The molecule has 0 heterocycles. The van der Waals surface area contributed by atoms with E-state index in [-0.39, 0.29) is 0 Å². The van der Waals surface area contributed by atoms with Crippen molar-refractivity contribution in [3.8, 4) is 0 Å². The molecular weight excluding hydrogens is 420 g/mol. The van der Waals surface area contributed by atoms with Crippen molar-refractivity contribution in [3.05, 3.63) is 66.3 Å². The second kappa shape index (κ2) is 6.10. The summed E-state index contributed by atoms with van der Waals surface area (Å²) in [7, 11) is 0. The highest BCUT2D eigenvalue weighted by molar-refractivity contribution is 9.10. The molecule has 0 aliphatic heterocycles. The Labute approximate surface area is 137 Å². The number of hydrogen-bond donors (Lipinski definition) is 1. The fraction of sp³-hybridized carbons (Fsp3) is 0.0769. The molecule has 1 atom stereocenters. The Balaban J connectivity index is 2.49. The molecule has 0 radical (unpaired) electrons. The molecule has 2 aromatic carbocycles. The number of benzene rings is 2. The molecular formula is C13H8Br2Cl2FN. The molecule has 100 valence electrons. The maximum Gasteiger partial charge on any atom is 0.129 e. The van der Waals surface area contributed by atoms with E-state index in [4.69, 9.17) is 28.9 Å². The van der Waals surface area contributed by atoms with E-state index in [9.17, 15) is 4.39 Å². The van der Waals surface area contributed by atoms with Crippen LogP contribution in [0.5, 0.6) is 0 Å². The van der Waals surface area contributed by atoms with Crippen LogP contribution in [0.25, 0.3) is 0 Å². The van der Waals surface area contributed by atoms with Crippen LogP contribution in [0.15, 0.2) is 39.3 Å². The Bertz CT molecular complexity index is 634. The molecule has 0 aromatic heterocycles. The van der Waals surface area contributed by atoms with E-state index in [2.05, 4.69) is 31.9 Å². The van der Waals surface area contributed by atoms with E-state index in [1.165, 1.54) is 12.1 Å². The first-order valence-electron chi connectivity index (χ1n) is 5.25. The van der Waals surface area contributed by atoms with E-state index in [1.807, 2.05) is 0 Å². The smallest absolute Gasteiger partial charge is 0.129 e. The van der Waals surface area contributed by atoms with Gasteiger partial charge in [-0.15, -0.1) is 0 Å². The first-order valence-corrected chi connectivity index (χ1v) is 7.59. The van der Waals surface area contributed by atoms with Crippen LogP contribution >= 0.6 is 55.1 Å². The first kappa shape index (κ1) is 15.3. The predicted molar refractivity (Wildman–Crippen MR) is 84.3 cm³/mol. The van der Waals surface area contributed by atoms with Gasteiger partial charge in [-0.3, -0.25) is 0 Å². The Morgan fingerprint density at radius 1 is 1.00 bits per heavy atom. The molecule has 0 spiro atoms. The van der Waals surface area contributed by atoms with Crippen molar-refractivity contribution in [2.45, 2.75) is 6.04 Å². The van der Waals surface area contributed by atoms with Gasteiger partial charge < -0.3 is 5.73 Å². The van der Waals surface area contributed by atoms with Crippen LogP contribution in [0.2, 0.25) is 10.0 Å². The normalized spacial score (nSPS) is 12.5. The summed E-state index contributed by atoms with van der Waals surface area (Å²) in [6.07, 6.45) is 0. The second-order valence-electron chi connectivity index (χ2n) is 3.93. The molecule has 0 aliphatic rings. The third-order valence-corrected chi connectivity index (χ3v) is 4.79. The summed E-state index contributed by atoms with van der Waals surface area (Å²) in [4.78, 5) is 0. The quantitative estimate of drug-likeness (QED) is 0.611. The van der Waals surface area contributed by atoms with Crippen LogP contribution in [0.4, 0.5) is 4.39 Å². The maximum atomic E-state index is 14.0. The molecule has 0 bridgehead atoms. The third-order valence-electron chi connectivity index (χ3n) is 2.67. The SMILES string of the molecule is NC(c1cc(Cl)c(Br)cc1F)c1ccc(Cl)cc1Br. The summed E-state index contributed by atoms with van der Waals surface area (Å²) in [5, 5.41) is 0.995. The number of hydrogen-bond acceptors (Lipinski definition) is 1. The number of halogens is 5. The standard InChI is InChI=1S/C13H8Br2Cl2FN/c14-9-3-6(16)1-2-7(9)13(19)8-4-11(17)10(15)5-12(8)18/h1-5,13H,19H2. The zero-order chi connectivity index (χ0) is 14.2. The Morgan fingerprint density at radius 3 is 2.32 bits per heavy atom. The van der Waals surface area contributed by atoms with Gasteiger partial charge in [0.2, 0.25) is 0 Å². The average Bonchev–Trinajstić information content (AvgIpc) is 2.33. The summed E-state index contributed by atoms with van der Waals surface area (Å²) < 4.78 is 15.2. The van der Waals surface area contributed by atoms with Crippen LogP contribution < -0.4 is 5.73 Å². The average molecular weight is 428 g/mol. The molecule has 6 heteroatoms. The van der Waals surface area contributed by atoms with Crippen LogP contribution in [0.1, 0.15) is 17.2 Å². The highest BCUT2D eigenvalue weighted by Gasteiger charge is 2.18. The molecule has 19 heavy (non-hydrogen) atoms. The minimum absolute atomic E-state index is 0.330. The van der Waals surface area contributed by atoms with Crippen molar-refractivity contribution in [1.29, 1.82) is 0 Å². The molecule has 0 fully saturated rings. The van der Waals surface area contributed by atoms with Crippen molar-refractivity contribution in [3.63, 3.8) is 0 Å². The maximum absolute atomic E-state index is 14.0. The predicted octanol–water partition coefficient (Wildman–Crippen LogP) is 5.71. The summed E-state index contributed by atoms with van der Waals surface area (Å²) >= 11 is 18.4. The summed E-state index contributed by atoms with van der Waals surface area (Å²) in [5.41, 5.74) is 7.17. The Kier molecular flexibility index (Phi) is 4.90. The van der Waals surface area contributed by atoms with Gasteiger partial charge in [0.05, 0.1) is 11.1 Å². The lowest BCUT2D eigenvalue weighted by molar-refractivity contribution is 0.598. The van der Waals surface area contributed by atoms with Gasteiger partial charge >= 0.3 is 0 Å². The summed E-state index contributed by atoms with van der Waals surface area (Å²) in [5.74, 6) is -0.411. The van der Waals surface area contributed by atoms with Crippen molar-refractivity contribution >= 4 is 55.1 Å². The zero-order valence-electron chi connectivity index (χ0n) is 9.43. The van der Waals surface area contributed by atoms with Gasteiger partial charge in [-0.1, -0.05) is 45.2 Å². The molecule has 0 saturated heterocycles. The molecule has 2 aromatic rings. The lowest BCUT2D eigenvalue weighted by atomic mass is 9.99. The molecule has 1 nitrogen and oxygen atoms in total. The zero-order valence-corrected chi connectivity index (χ0v) is 14.1. The second-order valence-corrected chi connectivity index (χ2v) is 6.48. The number of rotatable bonds is 2. The minimum Gasteiger partial charge on any atom is -0.320 e. The molecule has 0 aliphatic carbocycles. The molecule has 2 N–H and O–H groups in total. The van der Waals surface area contributed by atoms with E-state index in [0.29, 0.717) is 20.1 Å².